The van der Waals surface area contributed by atoms with Gasteiger partial charge in [0.1, 0.15) is 5.75 Å². The second kappa shape index (κ2) is 7.46. The lowest BCUT2D eigenvalue weighted by Gasteiger charge is -2.20. The molecule has 1 atom stereocenters. The number of benzene rings is 1. The van der Waals surface area contributed by atoms with Gasteiger partial charge in [-0.2, -0.15) is 0 Å². The zero-order chi connectivity index (χ0) is 14.5. The number of halogens is 2. The van der Waals surface area contributed by atoms with Crippen LogP contribution in [-0.4, -0.2) is 13.7 Å². The Kier molecular flexibility index (Phi) is 5.90. The van der Waals surface area contributed by atoms with E-state index in [9.17, 15) is 0 Å². The molecule has 2 aromatic rings. The number of rotatable bonds is 6. The Hall–Kier alpha value is -0.550. The van der Waals surface area contributed by atoms with Crippen molar-refractivity contribution in [3.63, 3.8) is 0 Å². The normalized spacial score (nSPS) is 12.4. The molecule has 0 amide bonds. The maximum Gasteiger partial charge on any atom is 0.120 e. The zero-order valence-corrected chi connectivity index (χ0v) is 14.6. The molecule has 0 spiro atoms. The molecule has 0 saturated carbocycles. The first-order chi connectivity index (χ1) is 9.67. The predicted molar refractivity (Wildman–Crippen MR) is 90.2 cm³/mol. The smallest absolute Gasteiger partial charge is 0.120 e. The summed E-state index contributed by atoms with van der Waals surface area (Å²) in [5.74, 6) is 0.840. The SMILES string of the molecule is CCCNC(c1ccc(OC)cc1Br)c1sccc1Cl. The summed E-state index contributed by atoms with van der Waals surface area (Å²) in [6.45, 7) is 3.10. The molecule has 108 valence electrons. The van der Waals surface area contributed by atoms with Crippen LogP contribution in [0.2, 0.25) is 5.02 Å². The van der Waals surface area contributed by atoms with Crippen molar-refractivity contribution in [2.45, 2.75) is 19.4 Å². The van der Waals surface area contributed by atoms with Gasteiger partial charge in [-0.1, -0.05) is 40.5 Å². The van der Waals surface area contributed by atoms with E-state index in [0.29, 0.717) is 0 Å². The van der Waals surface area contributed by atoms with Crippen LogP contribution in [-0.2, 0) is 0 Å². The van der Waals surface area contributed by atoms with E-state index in [2.05, 4.69) is 34.2 Å². The van der Waals surface area contributed by atoms with Crippen molar-refractivity contribution in [1.82, 2.24) is 5.32 Å². The second-order valence-corrected chi connectivity index (χ2v) is 6.62. The minimum Gasteiger partial charge on any atom is -0.497 e. The minimum atomic E-state index is 0.0998. The third kappa shape index (κ3) is 3.55. The summed E-state index contributed by atoms with van der Waals surface area (Å²) in [5, 5.41) is 6.40. The first-order valence-electron chi connectivity index (χ1n) is 6.47. The average molecular weight is 375 g/mol. The molecule has 1 aromatic carbocycles. The summed E-state index contributed by atoms with van der Waals surface area (Å²) in [6, 6.07) is 8.08. The first kappa shape index (κ1) is 15.8. The third-order valence-electron chi connectivity index (χ3n) is 3.02. The lowest BCUT2D eigenvalue weighted by molar-refractivity contribution is 0.414. The summed E-state index contributed by atoms with van der Waals surface area (Å²) < 4.78 is 6.27. The van der Waals surface area contributed by atoms with Crippen molar-refractivity contribution >= 4 is 38.9 Å². The standard InChI is InChI=1S/C15H17BrClNOS/c1-3-7-18-14(15-13(17)6-8-20-15)11-5-4-10(19-2)9-12(11)16/h4-6,8-9,14,18H,3,7H2,1-2H3. The van der Waals surface area contributed by atoms with Crippen molar-refractivity contribution in [3.8, 4) is 5.75 Å². The summed E-state index contributed by atoms with van der Waals surface area (Å²) in [6.07, 6.45) is 1.08. The van der Waals surface area contributed by atoms with Gasteiger partial charge < -0.3 is 10.1 Å². The van der Waals surface area contributed by atoms with Crippen molar-refractivity contribution in [3.05, 3.63) is 49.6 Å². The summed E-state index contributed by atoms with van der Waals surface area (Å²) >= 11 is 11.6. The Morgan fingerprint density at radius 1 is 1.40 bits per heavy atom. The number of hydrogen-bond acceptors (Lipinski definition) is 3. The van der Waals surface area contributed by atoms with E-state index in [1.165, 1.54) is 5.56 Å². The molecule has 5 heteroatoms. The van der Waals surface area contributed by atoms with Crippen LogP contribution < -0.4 is 10.1 Å². The Morgan fingerprint density at radius 3 is 2.75 bits per heavy atom. The molecule has 0 aliphatic heterocycles. The molecular formula is C15H17BrClNOS. The van der Waals surface area contributed by atoms with Crippen LogP contribution in [0.25, 0.3) is 0 Å². The van der Waals surface area contributed by atoms with Gasteiger partial charge >= 0.3 is 0 Å². The summed E-state index contributed by atoms with van der Waals surface area (Å²) in [4.78, 5) is 1.14. The highest BCUT2D eigenvalue weighted by molar-refractivity contribution is 9.10. The summed E-state index contributed by atoms with van der Waals surface area (Å²) in [5.41, 5.74) is 1.17. The predicted octanol–water partition coefficient (Wildman–Crippen LogP) is 5.26. The van der Waals surface area contributed by atoms with Gasteiger partial charge in [0.25, 0.3) is 0 Å². The van der Waals surface area contributed by atoms with E-state index < -0.39 is 0 Å². The van der Waals surface area contributed by atoms with Crippen molar-refractivity contribution < 1.29 is 4.74 Å². The van der Waals surface area contributed by atoms with Gasteiger partial charge in [-0.25, -0.2) is 0 Å². The highest BCUT2D eigenvalue weighted by Gasteiger charge is 2.20. The van der Waals surface area contributed by atoms with Crippen LogP contribution in [0, 0.1) is 0 Å². The van der Waals surface area contributed by atoms with Gasteiger partial charge in [0.15, 0.2) is 0 Å². The first-order valence-corrected chi connectivity index (χ1v) is 8.52. The van der Waals surface area contributed by atoms with Crippen molar-refractivity contribution in [1.29, 1.82) is 0 Å². The van der Waals surface area contributed by atoms with E-state index in [1.54, 1.807) is 18.4 Å². The zero-order valence-electron chi connectivity index (χ0n) is 11.5. The van der Waals surface area contributed by atoms with Crippen LogP contribution in [0.3, 0.4) is 0 Å². The maximum atomic E-state index is 6.30. The summed E-state index contributed by atoms with van der Waals surface area (Å²) in [7, 11) is 1.67. The molecule has 1 aromatic heterocycles. The molecule has 1 heterocycles. The molecule has 1 unspecified atom stereocenters. The molecule has 2 rings (SSSR count). The highest BCUT2D eigenvalue weighted by atomic mass is 79.9. The quantitative estimate of drug-likeness (QED) is 0.744. The fourth-order valence-corrected chi connectivity index (χ4v) is 3.86. The number of thiophene rings is 1. The van der Waals surface area contributed by atoms with Crippen LogP contribution in [0.1, 0.15) is 29.8 Å². The van der Waals surface area contributed by atoms with E-state index in [0.717, 1.165) is 33.1 Å². The van der Waals surface area contributed by atoms with Gasteiger partial charge in [0.05, 0.1) is 18.2 Å². The molecule has 2 nitrogen and oxygen atoms in total. The Balaban J connectivity index is 2.38. The largest absolute Gasteiger partial charge is 0.497 e. The molecule has 20 heavy (non-hydrogen) atoms. The third-order valence-corrected chi connectivity index (χ3v) is 5.13. The van der Waals surface area contributed by atoms with E-state index >= 15 is 0 Å². The van der Waals surface area contributed by atoms with Crippen LogP contribution in [0.4, 0.5) is 0 Å². The molecule has 0 fully saturated rings. The maximum absolute atomic E-state index is 6.30. The fraction of sp³-hybridized carbons (Fsp3) is 0.333. The van der Waals surface area contributed by atoms with E-state index in [4.69, 9.17) is 16.3 Å². The molecule has 0 saturated heterocycles. The highest BCUT2D eigenvalue weighted by Crippen LogP contribution is 2.37. The monoisotopic (exact) mass is 373 g/mol. The van der Waals surface area contributed by atoms with E-state index in [1.807, 2.05) is 23.6 Å². The molecule has 0 aliphatic carbocycles. The number of nitrogens with one attached hydrogen (secondary N) is 1. The number of hydrogen-bond donors (Lipinski definition) is 1. The Labute approximate surface area is 137 Å². The number of methoxy groups -OCH3 is 1. The average Bonchev–Trinajstić information content (AvgIpc) is 2.87. The van der Waals surface area contributed by atoms with Gasteiger partial charge in [0, 0.05) is 9.35 Å². The molecule has 0 bridgehead atoms. The van der Waals surface area contributed by atoms with E-state index in [-0.39, 0.29) is 6.04 Å². The Morgan fingerprint density at radius 2 is 2.20 bits per heavy atom. The molecular weight excluding hydrogens is 358 g/mol. The van der Waals surface area contributed by atoms with Crippen molar-refractivity contribution in [2.75, 3.05) is 13.7 Å². The molecule has 1 N–H and O–H groups in total. The molecule has 0 aliphatic rings. The topological polar surface area (TPSA) is 21.3 Å². The lowest BCUT2D eigenvalue weighted by atomic mass is 10.0. The van der Waals surface area contributed by atoms with Crippen LogP contribution in [0.5, 0.6) is 5.75 Å². The van der Waals surface area contributed by atoms with Crippen molar-refractivity contribution in [2.24, 2.45) is 0 Å². The minimum absolute atomic E-state index is 0.0998. The van der Waals surface area contributed by atoms with Gasteiger partial charge in [-0.3, -0.25) is 0 Å². The van der Waals surface area contributed by atoms with Gasteiger partial charge in [-0.05, 0) is 42.1 Å². The van der Waals surface area contributed by atoms with Crippen LogP contribution in [0.15, 0.2) is 34.1 Å². The lowest BCUT2D eigenvalue weighted by Crippen LogP contribution is -2.23. The van der Waals surface area contributed by atoms with Gasteiger partial charge in [0.2, 0.25) is 0 Å². The Bertz CT molecular complexity index is 573. The number of ether oxygens (including phenoxy) is 1. The fourth-order valence-electron chi connectivity index (χ4n) is 2.01. The van der Waals surface area contributed by atoms with Crippen LogP contribution >= 0.6 is 38.9 Å². The van der Waals surface area contributed by atoms with Gasteiger partial charge in [-0.15, -0.1) is 11.3 Å². The second-order valence-electron chi connectivity index (χ2n) is 4.41. The molecule has 0 radical (unpaired) electrons.